The lowest BCUT2D eigenvalue weighted by Gasteiger charge is -2.19. The molecule has 0 aliphatic carbocycles. The number of nitrogens with two attached hydrogens (primary N) is 1. The van der Waals surface area contributed by atoms with Crippen LogP contribution >= 0.6 is 0 Å². The second-order valence-electron chi connectivity index (χ2n) is 8.03. The number of nitrogens with zero attached hydrogens (tertiary/aromatic N) is 5. The molecule has 1 atom stereocenters. The summed E-state index contributed by atoms with van der Waals surface area (Å²) < 4.78 is 2.13. The van der Waals surface area contributed by atoms with Crippen LogP contribution in [0.2, 0.25) is 0 Å². The number of imidazole rings is 1. The van der Waals surface area contributed by atoms with Crippen molar-refractivity contribution in [2.24, 2.45) is 5.92 Å². The lowest BCUT2D eigenvalue weighted by atomic mass is 9.93. The molecule has 0 aliphatic heterocycles. The van der Waals surface area contributed by atoms with Gasteiger partial charge in [-0.25, -0.2) is 15.0 Å². The zero-order valence-corrected chi connectivity index (χ0v) is 17.5. The van der Waals surface area contributed by atoms with Crippen LogP contribution < -0.4 is 5.73 Å². The van der Waals surface area contributed by atoms with Crippen LogP contribution in [0.15, 0.2) is 12.7 Å². The second kappa shape index (κ2) is 11.9. The number of nitrogen functional groups attached to an aromatic ring is 1. The summed E-state index contributed by atoms with van der Waals surface area (Å²) in [4.78, 5) is 15.1. The lowest BCUT2D eigenvalue weighted by molar-refractivity contribution is 0.312. The third-order valence-electron chi connectivity index (χ3n) is 5.41. The van der Waals surface area contributed by atoms with Gasteiger partial charge in [-0.05, 0) is 39.4 Å². The first-order valence-electron chi connectivity index (χ1n) is 10.7. The van der Waals surface area contributed by atoms with E-state index in [0.717, 1.165) is 30.2 Å². The predicted octanol–water partition coefficient (Wildman–Crippen LogP) is 4.51. The Morgan fingerprint density at radius 1 is 0.963 bits per heavy atom. The highest BCUT2D eigenvalue weighted by Gasteiger charge is 2.12. The molecule has 0 aromatic carbocycles. The van der Waals surface area contributed by atoms with Crippen molar-refractivity contribution in [2.75, 3.05) is 26.4 Å². The van der Waals surface area contributed by atoms with Crippen molar-refractivity contribution in [3.8, 4) is 0 Å². The van der Waals surface area contributed by atoms with Gasteiger partial charge in [0, 0.05) is 6.54 Å². The normalized spacial score (nSPS) is 12.9. The van der Waals surface area contributed by atoms with Crippen LogP contribution in [0.3, 0.4) is 0 Å². The van der Waals surface area contributed by atoms with Crippen LogP contribution in [-0.4, -0.2) is 45.1 Å². The third kappa shape index (κ3) is 7.45. The second-order valence-corrected chi connectivity index (χ2v) is 8.03. The Bertz CT molecular complexity index is 651. The molecule has 0 fully saturated rings. The molecule has 0 amide bonds. The summed E-state index contributed by atoms with van der Waals surface area (Å²) in [5, 5.41) is 0. The topological polar surface area (TPSA) is 72.9 Å². The van der Waals surface area contributed by atoms with E-state index in [4.69, 9.17) is 5.73 Å². The Balaban J connectivity index is 1.81. The van der Waals surface area contributed by atoms with E-state index >= 15 is 0 Å². The van der Waals surface area contributed by atoms with E-state index < -0.39 is 0 Å². The maximum Gasteiger partial charge on any atom is 0.165 e. The van der Waals surface area contributed by atoms with Crippen molar-refractivity contribution in [2.45, 2.75) is 77.7 Å². The van der Waals surface area contributed by atoms with Gasteiger partial charge in [0.1, 0.15) is 11.8 Å². The van der Waals surface area contributed by atoms with Crippen LogP contribution in [0.25, 0.3) is 11.2 Å². The lowest BCUT2D eigenvalue weighted by Crippen LogP contribution is -2.18. The van der Waals surface area contributed by atoms with Crippen molar-refractivity contribution >= 4 is 17.0 Å². The van der Waals surface area contributed by atoms with Crippen molar-refractivity contribution in [1.29, 1.82) is 0 Å². The molecular weight excluding hydrogens is 336 g/mol. The van der Waals surface area contributed by atoms with Crippen molar-refractivity contribution in [3.63, 3.8) is 0 Å². The van der Waals surface area contributed by atoms with Gasteiger partial charge in [0.2, 0.25) is 0 Å². The number of aryl methyl sites for hydroxylation is 1. The number of fused-ring (bicyclic) bond motifs is 1. The number of rotatable bonds is 14. The molecule has 1 unspecified atom stereocenters. The van der Waals surface area contributed by atoms with Gasteiger partial charge >= 0.3 is 0 Å². The van der Waals surface area contributed by atoms with Gasteiger partial charge in [0.15, 0.2) is 11.5 Å². The maximum atomic E-state index is 5.90. The fourth-order valence-corrected chi connectivity index (χ4v) is 3.65. The Kier molecular flexibility index (Phi) is 9.53. The van der Waals surface area contributed by atoms with Gasteiger partial charge in [-0.3, -0.25) is 0 Å². The third-order valence-corrected chi connectivity index (χ3v) is 5.41. The smallest absolute Gasteiger partial charge is 0.165 e. The largest absolute Gasteiger partial charge is 0.382 e. The molecule has 27 heavy (non-hydrogen) atoms. The first kappa shape index (κ1) is 21.6. The van der Waals surface area contributed by atoms with Crippen molar-refractivity contribution < 1.29 is 0 Å². The Labute approximate surface area is 164 Å². The molecule has 0 spiro atoms. The highest BCUT2D eigenvalue weighted by atomic mass is 15.1. The number of anilines is 1. The van der Waals surface area contributed by atoms with Gasteiger partial charge in [0.25, 0.3) is 0 Å². The average molecular weight is 375 g/mol. The number of aromatic nitrogens is 4. The van der Waals surface area contributed by atoms with Crippen molar-refractivity contribution in [3.05, 3.63) is 12.7 Å². The summed E-state index contributed by atoms with van der Waals surface area (Å²) in [5.41, 5.74) is 7.47. The summed E-state index contributed by atoms with van der Waals surface area (Å²) >= 11 is 0. The minimum atomic E-state index is 0.464. The van der Waals surface area contributed by atoms with E-state index in [0.29, 0.717) is 5.82 Å². The zero-order valence-electron chi connectivity index (χ0n) is 17.5. The van der Waals surface area contributed by atoms with E-state index in [2.05, 4.69) is 45.4 Å². The quantitative estimate of drug-likeness (QED) is 0.493. The number of hydrogen-bond donors (Lipinski definition) is 1. The summed E-state index contributed by atoms with van der Waals surface area (Å²) in [6, 6.07) is 0. The minimum Gasteiger partial charge on any atom is -0.382 e. The Morgan fingerprint density at radius 2 is 1.70 bits per heavy atom. The van der Waals surface area contributed by atoms with Crippen molar-refractivity contribution in [1.82, 2.24) is 24.4 Å². The SMILES string of the molecule is CCCCCCCCCC(CCN(C)C)CCn1cnc2c(N)ncnc21. The van der Waals surface area contributed by atoms with Gasteiger partial charge in [-0.1, -0.05) is 58.3 Å². The van der Waals surface area contributed by atoms with Crippen LogP contribution in [0, 0.1) is 5.92 Å². The first-order chi connectivity index (χ1) is 13.1. The average Bonchev–Trinajstić information content (AvgIpc) is 3.07. The molecule has 152 valence electrons. The maximum absolute atomic E-state index is 5.90. The number of unbranched alkanes of at least 4 members (excludes halogenated alkanes) is 6. The van der Waals surface area contributed by atoms with E-state index in [1.165, 1.54) is 70.5 Å². The molecule has 2 aromatic heterocycles. The molecule has 0 saturated carbocycles. The van der Waals surface area contributed by atoms with Gasteiger partial charge in [0.05, 0.1) is 6.33 Å². The summed E-state index contributed by atoms with van der Waals surface area (Å²) in [5.74, 6) is 1.21. The van der Waals surface area contributed by atoms with E-state index in [1.807, 2.05) is 6.33 Å². The van der Waals surface area contributed by atoms with E-state index in [-0.39, 0.29) is 0 Å². The standard InChI is InChI=1S/C21H38N6/c1-4-5-6-7-8-9-10-11-18(12-14-26(2)3)13-15-27-17-25-19-20(22)23-16-24-21(19)27/h16-18H,4-15H2,1-3H3,(H2,22,23,24). The zero-order chi connectivity index (χ0) is 19.5. The summed E-state index contributed by atoms with van der Waals surface area (Å²) in [6.45, 7) is 4.38. The molecule has 0 bridgehead atoms. The Hall–Kier alpha value is -1.69. The van der Waals surface area contributed by atoms with Crippen LogP contribution in [-0.2, 0) is 6.54 Å². The molecule has 2 aromatic rings. The summed E-state index contributed by atoms with van der Waals surface area (Å²) in [6.07, 6.45) is 16.8. The van der Waals surface area contributed by atoms with E-state index in [9.17, 15) is 0 Å². The molecule has 0 saturated heterocycles. The molecule has 2 N–H and O–H groups in total. The number of hydrogen-bond acceptors (Lipinski definition) is 5. The minimum absolute atomic E-state index is 0.464. The molecule has 2 heterocycles. The van der Waals surface area contributed by atoms with Gasteiger partial charge in [-0.2, -0.15) is 0 Å². The molecule has 6 nitrogen and oxygen atoms in total. The first-order valence-corrected chi connectivity index (χ1v) is 10.7. The fourth-order valence-electron chi connectivity index (χ4n) is 3.65. The summed E-state index contributed by atoms with van der Waals surface area (Å²) in [7, 11) is 4.32. The monoisotopic (exact) mass is 374 g/mol. The van der Waals surface area contributed by atoms with Gasteiger partial charge < -0.3 is 15.2 Å². The Morgan fingerprint density at radius 3 is 2.44 bits per heavy atom. The van der Waals surface area contributed by atoms with Gasteiger partial charge in [-0.15, -0.1) is 0 Å². The molecule has 2 rings (SSSR count). The van der Waals surface area contributed by atoms with Crippen LogP contribution in [0.4, 0.5) is 5.82 Å². The van der Waals surface area contributed by atoms with Crippen LogP contribution in [0.1, 0.15) is 71.1 Å². The highest BCUT2D eigenvalue weighted by molar-refractivity contribution is 5.80. The van der Waals surface area contributed by atoms with Crippen LogP contribution in [0.5, 0.6) is 0 Å². The molecule has 0 radical (unpaired) electrons. The molecular formula is C21H38N6. The molecule has 6 heteroatoms. The highest BCUT2D eigenvalue weighted by Crippen LogP contribution is 2.22. The molecule has 0 aliphatic rings. The van der Waals surface area contributed by atoms with E-state index in [1.54, 1.807) is 0 Å². The fraction of sp³-hybridized carbons (Fsp3) is 0.762. The predicted molar refractivity (Wildman–Crippen MR) is 114 cm³/mol.